The predicted molar refractivity (Wildman–Crippen MR) is 116 cm³/mol. The van der Waals surface area contributed by atoms with E-state index in [2.05, 4.69) is 15.3 Å². The van der Waals surface area contributed by atoms with E-state index in [4.69, 9.17) is 0 Å². The number of hydrogen-bond acceptors (Lipinski definition) is 3. The lowest BCUT2D eigenvalue weighted by molar-refractivity contribution is 0.102. The van der Waals surface area contributed by atoms with Crippen molar-refractivity contribution in [2.75, 3.05) is 23.3 Å². The first-order valence-electron chi connectivity index (χ1n) is 10.8. The van der Waals surface area contributed by atoms with Crippen LogP contribution in [0.1, 0.15) is 47.4 Å². The molecule has 31 heavy (non-hydrogen) atoms. The molecular formula is C24H24F2N4O. The molecule has 1 aliphatic carbocycles. The molecule has 1 amide bonds. The molecule has 1 saturated heterocycles. The number of carbonyl (C=O) groups is 1. The van der Waals surface area contributed by atoms with Gasteiger partial charge in [0.2, 0.25) is 0 Å². The Balaban J connectivity index is 1.49. The number of para-hydroxylation sites is 1. The van der Waals surface area contributed by atoms with Gasteiger partial charge in [0.1, 0.15) is 17.3 Å². The Hall–Kier alpha value is -3.22. The molecule has 5 nitrogen and oxygen atoms in total. The molecule has 1 aliphatic heterocycles. The third kappa shape index (κ3) is 3.69. The monoisotopic (exact) mass is 422 g/mol. The van der Waals surface area contributed by atoms with Gasteiger partial charge in [-0.1, -0.05) is 12.1 Å². The highest BCUT2D eigenvalue weighted by Crippen LogP contribution is 2.32. The number of amides is 1. The Kier molecular flexibility index (Phi) is 5.18. The quantitative estimate of drug-likeness (QED) is 0.652. The molecule has 0 spiro atoms. The Morgan fingerprint density at radius 2 is 1.74 bits per heavy atom. The summed E-state index contributed by atoms with van der Waals surface area (Å²) in [6, 6.07) is 10.9. The molecule has 2 aromatic carbocycles. The SMILES string of the molecule is O=C(Nc1cc(F)ccc1N1CCCCC1)c1nn(-c2ccccc2F)c2c1CCC2. The number of aromatic nitrogens is 2. The molecule has 0 unspecified atom stereocenters. The van der Waals surface area contributed by atoms with Gasteiger partial charge in [0, 0.05) is 24.3 Å². The first-order valence-corrected chi connectivity index (χ1v) is 10.8. The second-order valence-corrected chi connectivity index (χ2v) is 8.15. The molecule has 1 N–H and O–H groups in total. The second-order valence-electron chi connectivity index (χ2n) is 8.15. The van der Waals surface area contributed by atoms with Crippen LogP contribution in [0.2, 0.25) is 0 Å². The molecule has 0 bridgehead atoms. The van der Waals surface area contributed by atoms with Crippen LogP contribution >= 0.6 is 0 Å². The Bertz CT molecular complexity index is 1130. The van der Waals surface area contributed by atoms with E-state index in [1.807, 2.05) is 0 Å². The van der Waals surface area contributed by atoms with Crippen molar-refractivity contribution in [1.29, 1.82) is 0 Å². The highest BCUT2D eigenvalue weighted by atomic mass is 19.1. The number of hydrogen-bond donors (Lipinski definition) is 1. The Morgan fingerprint density at radius 1 is 0.935 bits per heavy atom. The lowest BCUT2D eigenvalue weighted by atomic mass is 10.1. The molecule has 7 heteroatoms. The van der Waals surface area contributed by atoms with Gasteiger partial charge >= 0.3 is 0 Å². The van der Waals surface area contributed by atoms with Crippen LogP contribution in [0.15, 0.2) is 42.5 Å². The van der Waals surface area contributed by atoms with E-state index in [-0.39, 0.29) is 11.5 Å². The van der Waals surface area contributed by atoms with Crippen LogP contribution < -0.4 is 10.2 Å². The third-order valence-corrected chi connectivity index (χ3v) is 6.13. The molecule has 0 saturated carbocycles. The minimum atomic E-state index is -0.404. The number of piperidine rings is 1. The van der Waals surface area contributed by atoms with Crippen LogP contribution in [0.4, 0.5) is 20.2 Å². The average Bonchev–Trinajstić information content (AvgIpc) is 3.38. The lowest BCUT2D eigenvalue weighted by Crippen LogP contribution is -2.30. The van der Waals surface area contributed by atoms with Gasteiger partial charge in [-0.2, -0.15) is 5.10 Å². The molecule has 1 aromatic heterocycles. The fraction of sp³-hybridized carbons (Fsp3) is 0.333. The first-order chi connectivity index (χ1) is 15.1. The molecule has 0 radical (unpaired) electrons. The van der Waals surface area contributed by atoms with Crippen LogP contribution in [0.3, 0.4) is 0 Å². The molecule has 0 atom stereocenters. The van der Waals surface area contributed by atoms with Crippen molar-refractivity contribution in [2.45, 2.75) is 38.5 Å². The van der Waals surface area contributed by atoms with Crippen molar-refractivity contribution >= 4 is 17.3 Å². The molecule has 160 valence electrons. The van der Waals surface area contributed by atoms with Gasteiger partial charge < -0.3 is 10.2 Å². The third-order valence-electron chi connectivity index (χ3n) is 6.13. The number of rotatable bonds is 4. The minimum Gasteiger partial charge on any atom is -0.370 e. The van der Waals surface area contributed by atoms with Crippen LogP contribution in [0.25, 0.3) is 5.69 Å². The number of fused-ring (bicyclic) bond motifs is 1. The number of halogens is 2. The van der Waals surface area contributed by atoms with Gasteiger partial charge in [0.15, 0.2) is 5.69 Å². The highest BCUT2D eigenvalue weighted by Gasteiger charge is 2.28. The van der Waals surface area contributed by atoms with E-state index < -0.39 is 11.7 Å². The number of nitrogens with zero attached hydrogens (tertiary/aromatic N) is 3. The molecule has 3 aromatic rings. The van der Waals surface area contributed by atoms with Crippen LogP contribution in [0.5, 0.6) is 0 Å². The molecule has 2 heterocycles. The Labute approximate surface area is 179 Å². The van der Waals surface area contributed by atoms with Crippen LogP contribution in [-0.2, 0) is 12.8 Å². The summed E-state index contributed by atoms with van der Waals surface area (Å²) in [7, 11) is 0. The summed E-state index contributed by atoms with van der Waals surface area (Å²) in [5, 5.41) is 7.36. The fourth-order valence-corrected chi connectivity index (χ4v) is 4.64. The Morgan fingerprint density at radius 3 is 2.55 bits per heavy atom. The summed E-state index contributed by atoms with van der Waals surface area (Å²) in [4.78, 5) is 15.4. The van der Waals surface area contributed by atoms with Gasteiger partial charge in [0.05, 0.1) is 11.4 Å². The van der Waals surface area contributed by atoms with Crippen molar-refractivity contribution < 1.29 is 13.6 Å². The smallest absolute Gasteiger partial charge is 0.276 e. The normalized spacial score (nSPS) is 15.7. The maximum absolute atomic E-state index is 14.4. The largest absolute Gasteiger partial charge is 0.370 e. The number of anilines is 2. The molecule has 5 rings (SSSR count). The van der Waals surface area contributed by atoms with E-state index in [1.165, 1.54) is 24.6 Å². The lowest BCUT2D eigenvalue weighted by Gasteiger charge is -2.30. The first kappa shape index (κ1) is 19.7. The zero-order valence-electron chi connectivity index (χ0n) is 17.2. The predicted octanol–water partition coefficient (Wildman–Crippen LogP) is 4.88. The van der Waals surface area contributed by atoms with Crippen molar-refractivity contribution in [1.82, 2.24) is 9.78 Å². The van der Waals surface area contributed by atoms with Crippen molar-refractivity contribution in [3.05, 3.63) is 71.1 Å². The van der Waals surface area contributed by atoms with Gasteiger partial charge in [0.25, 0.3) is 5.91 Å². The molecular weight excluding hydrogens is 398 g/mol. The maximum atomic E-state index is 14.4. The van der Waals surface area contributed by atoms with Gasteiger partial charge in [-0.25, -0.2) is 13.5 Å². The summed E-state index contributed by atoms with van der Waals surface area (Å²) in [6.07, 6.45) is 5.67. The van der Waals surface area contributed by atoms with E-state index in [9.17, 15) is 13.6 Å². The zero-order valence-corrected chi connectivity index (χ0v) is 17.2. The standard InChI is InChI=1S/C24H24F2N4O/c25-16-11-12-22(29-13-4-1-5-14-29)19(15-16)27-24(31)23-17-7-6-10-20(17)30(28-23)21-9-3-2-8-18(21)26/h2-3,8-9,11-12,15H,1,4-7,10,13-14H2,(H,27,31). The summed E-state index contributed by atoms with van der Waals surface area (Å²) < 4.78 is 30.0. The van der Waals surface area contributed by atoms with Gasteiger partial charge in [-0.05, 0) is 68.9 Å². The summed E-state index contributed by atoms with van der Waals surface area (Å²) in [5.74, 6) is -1.18. The summed E-state index contributed by atoms with van der Waals surface area (Å²) in [5.41, 5.74) is 3.59. The van der Waals surface area contributed by atoms with Crippen LogP contribution in [0, 0.1) is 11.6 Å². The van der Waals surface area contributed by atoms with E-state index in [0.717, 1.165) is 55.7 Å². The number of nitrogens with one attached hydrogen (secondary N) is 1. The highest BCUT2D eigenvalue weighted by molar-refractivity contribution is 6.06. The van der Waals surface area contributed by atoms with Crippen LogP contribution in [-0.4, -0.2) is 28.8 Å². The molecule has 1 fully saturated rings. The maximum Gasteiger partial charge on any atom is 0.276 e. The fourth-order valence-electron chi connectivity index (χ4n) is 4.64. The average molecular weight is 422 g/mol. The minimum absolute atomic E-state index is 0.282. The van der Waals surface area contributed by atoms with Gasteiger partial charge in [-0.15, -0.1) is 0 Å². The zero-order chi connectivity index (χ0) is 21.4. The van der Waals surface area contributed by atoms with E-state index in [1.54, 1.807) is 28.9 Å². The van der Waals surface area contributed by atoms with E-state index in [0.29, 0.717) is 17.8 Å². The van der Waals surface area contributed by atoms with Crippen molar-refractivity contribution in [3.63, 3.8) is 0 Å². The second kappa shape index (κ2) is 8.13. The van der Waals surface area contributed by atoms with Crippen molar-refractivity contribution in [3.8, 4) is 5.69 Å². The summed E-state index contributed by atoms with van der Waals surface area (Å²) >= 11 is 0. The van der Waals surface area contributed by atoms with Gasteiger partial charge in [-0.3, -0.25) is 4.79 Å². The number of carbonyl (C=O) groups excluding carboxylic acids is 1. The van der Waals surface area contributed by atoms with E-state index >= 15 is 0 Å². The summed E-state index contributed by atoms with van der Waals surface area (Å²) in [6.45, 7) is 1.76. The molecule has 2 aliphatic rings. The topological polar surface area (TPSA) is 50.2 Å². The number of benzene rings is 2. The van der Waals surface area contributed by atoms with Crippen molar-refractivity contribution in [2.24, 2.45) is 0 Å².